The second-order valence-corrected chi connectivity index (χ2v) is 5.94. The number of nitrogens with zero attached hydrogens (tertiary/aromatic N) is 2. The Morgan fingerprint density at radius 1 is 1.26 bits per heavy atom. The Kier molecular flexibility index (Phi) is 4.61. The van der Waals surface area contributed by atoms with Gasteiger partial charge in [0.25, 0.3) is 0 Å². The quantitative estimate of drug-likeness (QED) is 0.853. The predicted molar refractivity (Wildman–Crippen MR) is 80.7 cm³/mol. The topological polar surface area (TPSA) is 49.8 Å². The number of rotatable bonds is 5. The molecule has 2 rings (SSSR count). The monoisotopic (exact) mass is 262 g/mol. The first-order valence-corrected chi connectivity index (χ1v) is 7.40. The third-order valence-electron chi connectivity index (χ3n) is 4.27. The third kappa shape index (κ3) is 3.17. The van der Waals surface area contributed by atoms with Crippen LogP contribution in [0.2, 0.25) is 0 Å². The van der Waals surface area contributed by atoms with Gasteiger partial charge in [0.1, 0.15) is 18.0 Å². The van der Waals surface area contributed by atoms with Gasteiger partial charge in [-0.15, -0.1) is 0 Å². The highest BCUT2D eigenvalue weighted by Crippen LogP contribution is 2.32. The van der Waals surface area contributed by atoms with Gasteiger partial charge in [-0.3, -0.25) is 0 Å². The van der Waals surface area contributed by atoms with Crippen molar-refractivity contribution in [3.63, 3.8) is 0 Å². The summed E-state index contributed by atoms with van der Waals surface area (Å²) in [5.74, 6) is 3.96. The summed E-state index contributed by atoms with van der Waals surface area (Å²) in [6.45, 7) is 7.76. The molecule has 1 aromatic heterocycles. The van der Waals surface area contributed by atoms with Crippen molar-refractivity contribution in [2.45, 2.75) is 46.0 Å². The van der Waals surface area contributed by atoms with E-state index < -0.39 is 0 Å². The zero-order valence-electron chi connectivity index (χ0n) is 12.5. The van der Waals surface area contributed by atoms with Crippen molar-refractivity contribution in [3.05, 3.63) is 11.9 Å². The van der Waals surface area contributed by atoms with Crippen molar-refractivity contribution in [1.82, 2.24) is 9.97 Å². The molecule has 0 radical (unpaired) electrons. The Bertz CT molecular complexity index is 417. The molecule has 0 bridgehead atoms. The van der Waals surface area contributed by atoms with E-state index in [9.17, 15) is 0 Å². The van der Waals surface area contributed by atoms with Gasteiger partial charge in [0.15, 0.2) is 0 Å². The van der Waals surface area contributed by atoms with Gasteiger partial charge in [-0.25, -0.2) is 9.97 Å². The van der Waals surface area contributed by atoms with Crippen LogP contribution in [0.15, 0.2) is 6.33 Å². The first-order chi connectivity index (χ1) is 9.13. The zero-order valence-corrected chi connectivity index (χ0v) is 12.5. The van der Waals surface area contributed by atoms with Crippen molar-refractivity contribution in [1.29, 1.82) is 0 Å². The van der Waals surface area contributed by atoms with Crippen LogP contribution in [0, 0.1) is 11.8 Å². The van der Waals surface area contributed by atoms with Crippen molar-refractivity contribution in [2.75, 3.05) is 24.2 Å². The van der Waals surface area contributed by atoms with Gasteiger partial charge in [0.05, 0.1) is 0 Å². The first kappa shape index (κ1) is 14.1. The maximum Gasteiger partial charge on any atom is 0.134 e. The van der Waals surface area contributed by atoms with Crippen molar-refractivity contribution >= 4 is 11.6 Å². The lowest BCUT2D eigenvalue weighted by Gasteiger charge is -2.20. The van der Waals surface area contributed by atoms with Gasteiger partial charge in [0, 0.05) is 19.2 Å². The van der Waals surface area contributed by atoms with Gasteiger partial charge in [-0.05, 0) is 24.2 Å². The van der Waals surface area contributed by atoms with E-state index in [4.69, 9.17) is 0 Å². The number of anilines is 2. The lowest BCUT2D eigenvalue weighted by Crippen LogP contribution is -2.18. The SMILES string of the molecule is CNc1ncnc(NCC2CCCC2C)c1C(C)C. The fraction of sp³-hybridized carbons (Fsp3) is 0.733. The van der Waals surface area contributed by atoms with E-state index >= 15 is 0 Å². The molecule has 0 saturated heterocycles. The fourth-order valence-electron chi connectivity index (χ4n) is 3.04. The molecule has 106 valence electrons. The highest BCUT2D eigenvalue weighted by molar-refractivity contribution is 5.58. The summed E-state index contributed by atoms with van der Waals surface area (Å²) in [5.41, 5.74) is 1.19. The lowest BCUT2D eigenvalue weighted by atomic mass is 9.98. The molecular weight excluding hydrogens is 236 g/mol. The van der Waals surface area contributed by atoms with Gasteiger partial charge < -0.3 is 10.6 Å². The van der Waals surface area contributed by atoms with E-state index in [1.807, 2.05) is 7.05 Å². The smallest absolute Gasteiger partial charge is 0.134 e. The molecule has 0 aliphatic heterocycles. The molecule has 1 heterocycles. The standard InChI is InChI=1S/C15H26N4/c1-10(2)13-14(16-4)18-9-19-15(13)17-8-12-7-5-6-11(12)3/h9-12H,5-8H2,1-4H3,(H2,16,17,18,19). The Hall–Kier alpha value is -1.32. The highest BCUT2D eigenvalue weighted by Gasteiger charge is 2.23. The summed E-state index contributed by atoms with van der Waals surface area (Å²) in [4.78, 5) is 8.74. The fourth-order valence-corrected chi connectivity index (χ4v) is 3.04. The van der Waals surface area contributed by atoms with E-state index in [-0.39, 0.29) is 0 Å². The van der Waals surface area contributed by atoms with Gasteiger partial charge in [0.2, 0.25) is 0 Å². The second kappa shape index (κ2) is 6.22. The average Bonchev–Trinajstić information content (AvgIpc) is 2.81. The molecular formula is C15H26N4. The minimum absolute atomic E-state index is 0.409. The van der Waals surface area contributed by atoms with E-state index in [2.05, 4.69) is 41.4 Å². The summed E-state index contributed by atoms with van der Waals surface area (Å²) in [6.07, 6.45) is 5.72. The van der Waals surface area contributed by atoms with Gasteiger partial charge in [-0.1, -0.05) is 33.6 Å². The van der Waals surface area contributed by atoms with Crippen LogP contribution in [0.25, 0.3) is 0 Å². The summed E-state index contributed by atoms with van der Waals surface area (Å²) < 4.78 is 0. The normalized spacial score (nSPS) is 22.8. The Labute approximate surface area is 116 Å². The maximum atomic E-state index is 4.43. The predicted octanol–water partition coefficient (Wildman–Crippen LogP) is 3.49. The molecule has 4 nitrogen and oxygen atoms in total. The Morgan fingerprint density at radius 3 is 2.58 bits per heavy atom. The molecule has 1 aliphatic carbocycles. The molecule has 2 unspecified atom stereocenters. The molecule has 4 heteroatoms. The van der Waals surface area contributed by atoms with Crippen LogP contribution in [0.5, 0.6) is 0 Å². The number of hydrogen-bond donors (Lipinski definition) is 2. The summed E-state index contributed by atoms with van der Waals surface area (Å²) in [7, 11) is 1.91. The van der Waals surface area contributed by atoms with Crippen LogP contribution >= 0.6 is 0 Å². The van der Waals surface area contributed by atoms with E-state index in [1.165, 1.54) is 24.8 Å². The molecule has 1 fully saturated rings. The molecule has 0 spiro atoms. The second-order valence-electron chi connectivity index (χ2n) is 5.94. The van der Waals surface area contributed by atoms with Gasteiger partial charge >= 0.3 is 0 Å². The van der Waals surface area contributed by atoms with E-state index in [1.54, 1.807) is 6.33 Å². The minimum Gasteiger partial charge on any atom is -0.373 e. The van der Waals surface area contributed by atoms with Crippen LogP contribution < -0.4 is 10.6 Å². The van der Waals surface area contributed by atoms with Crippen LogP contribution in [0.4, 0.5) is 11.6 Å². The van der Waals surface area contributed by atoms with Crippen LogP contribution in [0.3, 0.4) is 0 Å². The van der Waals surface area contributed by atoms with Crippen molar-refractivity contribution in [2.24, 2.45) is 11.8 Å². The minimum atomic E-state index is 0.409. The van der Waals surface area contributed by atoms with Crippen LogP contribution in [-0.2, 0) is 0 Å². The molecule has 1 aliphatic rings. The summed E-state index contributed by atoms with van der Waals surface area (Å²) in [6, 6.07) is 0. The largest absolute Gasteiger partial charge is 0.373 e. The number of hydrogen-bond acceptors (Lipinski definition) is 4. The van der Waals surface area contributed by atoms with Crippen LogP contribution in [-0.4, -0.2) is 23.6 Å². The number of aromatic nitrogens is 2. The molecule has 2 N–H and O–H groups in total. The Balaban J connectivity index is 2.11. The third-order valence-corrected chi connectivity index (χ3v) is 4.27. The molecule has 1 aromatic rings. The number of nitrogens with one attached hydrogen (secondary N) is 2. The summed E-state index contributed by atoms with van der Waals surface area (Å²) in [5, 5.41) is 6.71. The molecule has 1 saturated carbocycles. The maximum absolute atomic E-state index is 4.43. The van der Waals surface area contributed by atoms with Crippen molar-refractivity contribution in [3.8, 4) is 0 Å². The van der Waals surface area contributed by atoms with Crippen molar-refractivity contribution < 1.29 is 0 Å². The average molecular weight is 262 g/mol. The summed E-state index contributed by atoms with van der Waals surface area (Å²) >= 11 is 0. The molecule has 19 heavy (non-hydrogen) atoms. The Morgan fingerprint density at radius 2 is 2.00 bits per heavy atom. The van der Waals surface area contributed by atoms with Crippen LogP contribution in [0.1, 0.15) is 51.5 Å². The highest BCUT2D eigenvalue weighted by atomic mass is 15.1. The van der Waals surface area contributed by atoms with E-state index in [0.29, 0.717) is 5.92 Å². The van der Waals surface area contributed by atoms with Gasteiger partial charge in [-0.2, -0.15) is 0 Å². The molecule has 0 aromatic carbocycles. The zero-order chi connectivity index (χ0) is 13.8. The molecule has 0 amide bonds. The van der Waals surface area contributed by atoms with E-state index in [0.717, 1.165) is 30.0 Å². The first-order valence-electron chi connectivity index (χ1n) is 7.40. The molecule has 2 atom stereocenters. The lowest BCUT2D eigenvalue weighted by molar-refractivity contribution is 0.439.